The fourth-order valence-electron chi connectivity index (χ4n) is 2.15. The number of hydrogen-bond donors (Lipinski definition) is 2. The predicted molar refractivity (Wildman–Crippen MR) is 80.6 cm³/mol. The first-order valence-electron chi connectivity index (χ1n) is 6.03. The van der Waals surface area contributed by atoms with Crippen LogP contribution in [0, 0.1) is 0 Å². The lowest BCUT2D eigenvalue weighted by atomic mass is 10.2. The fourth-order valence-corrected chi connectivity index (χ4v) is 2.54. The Morgan fingerprint density at radius 1 is 1.55 bits per heavy atom. The molecule has 2 heterocycles. The number of halogens is 1. The van der Waals surface area contributed by atoms with Crippen LogP contribution < -0.4 is 11.2 Å². The van der Waals surface area contributed by atoms with Crippen molar-refractivity contribution in [1.29, 1.82) is 0 Å². The molecule has 2 rings (SSSR count). The highest BCUT2D eigenvalue weighted by atomic mass is 127. The summed E-state index contributed by atoms with van der Waals surface area (Å²) in [6.45, 7) is -0.321. The molecule has 0 bridgehead atoms. The third-order valence-electron chi connectivity index (χ3n) is 3.27. The Labute approximate surface area is 128 Å². The van der Waals surface area contributed by atoms with Crippen LogP contribution in [-0.4, -0.2) is 38.2 Å². The highest BCUT2D eigenvalue weighted by Crippen LogP contribution is 2.27. The first-order chi connectivity index (χ1) is 9.49. The van der Waals surface area contributed by atoms with E-state index >= 15 is 0 Å². The van der Waals surface area contributed by atoms with E-state index in [1.807, 2.05) is 22.6 Å². The minimum Gasteiger partial charge on any atom is -0.394 e. The summed E-state index contributed by atoms with van der Waals surface area (Å²) in [7, 11) is 1.39. The Bertz CT molecular complexity index is 636. The molecule has 8 heteroatoms. The molecule has 0 aliphatic carbocycles. The summed E-state index contributed by atoms with van der Waals surface area (Å²) in [6.07, 6.45) is 0.953. The topological polar surface area (TPSA) is 93.7 Å². The number of hydrogen-bond acceptors (Lipinski definition) is 5. The van der Waals surface area contributed by atoms with Crippen molar-refractivity contribution in [2.24, 2.45) is 7.05 Å². The summed E-state index contributed by atoms with van der Waals surface area (Å²) in [4.78, 5) is 24.0. The van der Waals surface area contributed by atoms with Gasteiger partial charge in [-0.05, 0) is 10.2 Å². The maximum absolute atomic E-state index is 12.1. The summed E-state index contributed by atoms with van der Waals surface area (Å²) in [5, 5.41) is 18.8. The van der Waals surface area contributed by atoms with E-state index in [1.165, 1.54) is 17.8 Å². The van der Waals surface area contributed by atoms with Crippen molar-refractivity contribution >= 4 is 28.7 Å². The van der Waals surface area contributed by atoms with Crippen LogP contribution >= 0.6 is 22.6 Å². The lowest BCUT2D eigenvalue weighted by Gasteiger charge is -2.16. The number of aliphatic hydroxyl groups is 2. The lowest BCUT2D eigenvalue weighted by molar-refractivity contribution is -0.0462. The zero-order valence-electron chi connectivity index (χ0n) is 10.8. The smallest absolute Gasteiger partial charge is 0.332 e. The van der Waals surface area contributed by atoms with Gasteiger partial charge in [0, 0.05) is 19.7 Å². The van der Waals surface area contributed by atoms with E-state index in [9.17, 15) is 14.7 Å². The minimum atomic E-state index is -0.835. The molecule has 0 amide bonds. The maximum atomic E-state index is 12.1. The standard InChI is InChI=1S/C12H15IN2O5/c1-14-11(18)7(2-3-13)5-15(12(14)19)10-4-8(17)9(6-16)20-10/h2-3,5,8-10,16-17H,4,6H2,1H3/t8-,9+,10+/m0/s1. The summed E-state index contributed by atoms with van der Waals surface area (Å²) in [6, 6.07) is 0. The normalized spacial score (nSPS) is 26.5. The van der Waals surface area contributed by atoms with Gasteiger partial charge in [0.05, 0.1) is 18.3 Å². The van der Waals surface area contributed by atoms with Gasteiger partial charge in [-0.15, -0.1) is 0 Å². The number of rotatable bonds is 3. The Morgan fingerprint density at radius 3 is 2.80 bits per heavy atom. The average molecular weight is 394 g/mol. The first-order valence-corrected chi connectivity index (χ1v) is 7.27. The van der Waals surface area contributed by atoms with Gasteiger partial charge in [-0.1, -0.05) is 22.6 Å². The second-order valence-corrected chi connectivity index (χ2v) is 5.27. The molecule has 20 heavy (non-hydrogen) atoms. The molecule has 1 aromatic heterocycles. The Morgan fingerprint density at radius 2 is 2.25 bits per heavy atom. The number of aliphatic hydroxyl groups excluding tert-OH is 2. The van der Waals surface area contributed by atoms with Gasteiger partial charge in [0.2, 0.25) is 0 Å². The van der Waals surface area contributed by atoms with Crippen molar-refractivity contribution in [3.8, 4) is 0 Å². The monoisotopic (exact) mass is 394 g/mol. The van der Waals surface area contributed by atoms with E-state index < -0.39 is 29.7 Å². The quantitative estimate of drug-likeness (QED) is 0.681. The third kappa shape index (κ3) is 2.73. The van der Waals surface area contributed by atoms with E-state index in [-0.39, 0.29) is 13.0 Å². The van der Waals surface area contributed by atoms with E-state index in [4.69, 9.17) is 9.84 Å². The van der Waals surface area contributed by atoms with Crippen molar-refractivity contribution in [2.75, 3.05) is 6.61 Å². The number of ether oxygens (including phenoxy) is 1. The van der Waals surface area contributed by atoms with Crippen molar-refractivity contribution in [3.63, 3.8) is 0 Å². The van der Waals surface area contributed by atoms with Crippen LogP contribution in [0.3, 0.4) is 0 Å². The van der Waals surface area contributed by atoms with Gasteiger partial charge in [0.15, 0.2) is 0 Å². The zero-order valence-corrected chi connectivity index (χ0v) is 12.9. The van der Waals surface area contributed by atoms with E-state index in [1.54, 1.807) is 10.2 Å². The lowest BCUT2D eigenvalue weighted by Crippen LogP contribution is -2.40. The molecule has 2 N–H and O–H groups in total. The highest BCUT2D eigenvalue weighted by Gasteiger charge is 2.35. The first kappa shape index (κ1) is 15.4. The molecule has 110 valence electrons. The Kier molecular flexibility index (Phi) is 4.78. The van der Waals surface area contributed by atoms with Gasteiger partial charge in [-0.25, -0.2) is 4.79 Å². The van der Waals surface area contributed by atoms with Crippen LogP contribution in [0.25, 0.3) is 6.08 Å². The summed E-state index contributed by atoms with van der Waals surface area (Å²) in [5.41, 5.74) is -0.556. The van der Waals surface area contributed by atoms with Gasteiger partial charge >= 0.3 is 5.69 Å². The molecule has 3 atom stereocenters. The van der Waals surface area contributed by atoms with Crippen molar-refractivity contribution < 1.29 is 14.9 Å². The summed E-state index contributed by atoms with van der Waals surface area (Å²) < 4.78 is 9.37. The Hall–Kier alpha value is -0.970. The van der Waals surface area contributed by atoms with Crippen molar-refractivity contribution in [1.82, 2.24) is 9.13 Å². The maximum Gasteiger partial charge on any atom is 0.332 e. The number of nitrogens with zero attached hydrogens (tertiary/aromatic N) is 2. The van der Waals surface area contributed by atoms with Gasteiger partial charge in [-0.2, -0.15) is 0 Å². The van der Waals surface area contributed by atoms with Crippen molar-refractivity contribution in [2.45, 2.75) is 24.9 Å². The number of aromatic nitrogens is 2. The third-order valence-corrected chi connectivity index (χ3v) is 3.63. The minimum absolute atomic E-state index is 0.191. The largest absolute Gasteiger partial charge is 0.394 e. The van der Waals surface area contributed by atoms with Crippen LogP contribution in [0.4, 0.5) is 0 Å². The van der Waals surface area contributed by atoms with Crippen molar-refractivity contribution in [3.05, 3.63) is 36.7 Å². The molecule has 1 aliphatic heterocycles. The molecule has 0 saturated carbocycles. The second-order valence-electron chi connectivity index (χ2n) is 4.55. The second kappa shape index (κ2) is 6.20. The molecule has 1 fully saturated rings. The van der Waals surface area contributed by atoms with Crippen LogP contribution in [0.1, 0.15) is 18.2 Å². The predicted octanol–water partition coefficient (Wildman–Crippen LogP) is -0.407. The molecular weight excluding hydrogens is 379 g/mol. The van der Waals surface area contributed by atoms with Crippen LogP contribution in [0.2, 0.25) is 0 Å². The SMILES string of the molecule is Cn1c(=O)c(C=CI)cn([C@H]2C[C@H](O)[C@@H](CO)O2)c1=O. The Balaban J connectivity index is 2.48. The summed E-state index contributed by atoms with van der Waals surface area (Å²) >= 11 is 1.98. The average Bonchev–Trinajstić information content (AvgIpc) is 2.80. The molecular formula is C12H15IN2O5. The van der Waals surface area contributed by atoms with Gasteiger partial charge in [0.1, 0.15) is 12.3 Å². The molecule has 0 spiro atoms. The zero-order chi connectivity index (χ0) is 14.9. The van der Waals surface area contributed by atoms with Gasteiger partial charge in [0.25, 0.3) is 5.56 Å². The molecule has 0 radical (unpaired) electrons. The van der Waals surface area contributed by atoms with Gasteiger partial charge in [-0.3, -0.25) is 13.9 Å². The molecule has 1 aromatic rings. The van der Waals surface area contributed by atoms with Crippen LogP contribution in [0.15, 0.2) is 19.9 Å². The summed E-state index contributed by atoms with van der Waals surface area (Å²) in [5.74, 6) is 0. The highest BCUT2D eigenvalue weighted by molar-refractivity contribution is 14.1. The van der Waals surface area contributed by atoms with Crippen LogP contribution in [0.5, 0.6) is 0 Å². The van der Waals surface area contributed by atoms with Gasteiger partial charge < -0.3 is 14.9 Å². The fraction of sp³-hybridized carbons (Fsp3) is 0.500. The molecule has 1 saturated heterocycles. The molecule has 0 unspecified atom stereocenters. The molecule has 1 aliphatic rings. The molecule has 0 aromatic carbocycles. The van der Waals surface area contributed by atoms with E-state index in [0.717, 1.165) is 4.57 Å². The van der Waals surface area contributed by atoms with Crippen LogP contribution in [-0.2, 0) is 11.8 Å². The van der Waals surface area contributed by atoms with E-state index in [0.29, 0.717) is 5.56 Å². The van der Waals surface area contributed by atoms with E-state index in [2.05, 4.69) is 0 Å². The molecule has 7 nitrogen and oxygen atoms in total.